The number of nitrogens with zero attached hydrogens (tertiary/aromatic N) is 2. The summed E-state index contributed by atoms with van der Waals surface area (Å²) in [5.41, 5.74) is 5.38. The highest BCUT2D eigenvalue weighted by Crippen LogP contribution is 2.08. The van der Waals surface area contributed by atoms with Crippen molar-refractivity contribution in [1.29, 1.82) is 0 Å². The molecule has 2 N–H and O–H groups in total. The second-order valence-electron chi connectivity index (χ2n) is 4.91. The summed E-state index contributed by atoms with van der Waals surface area (Å²) in [4.78, 5) is 14.4. The third-order valence-electron chi connectivity index (χ3n) is 3.47. The van der Waals surface area contributed by atoms with Crippen molar-refractivity contribution in [1.82, 2.24) is 9.47 Å². The van der Waals surface area contributed by atoms with Gasteiger partial charge in [-0.3, -0.25) is 9.69 Å². The van der Waals surface area contributed by atoms with Crippen LogP contribution in [0.25, 0.3) is 0 Å². The molecule has 0 saturated carbocycles. The predicted molar refractivity (Wildman–Crippen MR) is 75.5 cm³/mol. The molecule has 5 heteroatoms. The van der Waals surface area contributed by atoms with E-state index in [-0.39, 0.29) is 5.56 Å². The van der Waals surface area contributed by atoms with Crippen LogP contribution >= 0.6 is 0 Å². The van der Waals surface area contributed by atoms with Gasteiger partial charge in [-0.25, -0.2) is 0 Å². The van der Waals surface area contributed by atoms with Crippen molar-refractivity contribution >= 4 is 0 Å². The minimum atomic E-state index is -0.0911. The molecule has 2 rings (SSSR count). The highest BCUT2D eigenvalue weighted by Gasteiger charge is 2.10. The number of hydrogen-bond donors (Lipinski definition) is 1. The van der Waals surface area contributed by atoms with Gasteiger partial charge in [0.2, 0.25) is 0 Å². The molecule has 0 aliphatic carbocycles. The van der Waals surface area contributed by atoms with Gasteiger partial charge in [0.1, 0.15) is 6.61 Å². The van der Waals surface area contributed by atoms with Gasteiger partial charge in [-0.1, -0.05) is 6.42 Å². The van der Waals surface area contributed by atoms with Crippen LogP contribution in [-0.4, -0.2) is 42.3 Å². The van der Waals surface area contributed by atoms with Gasteiger partial charge < -0.3 is 15.0 Å². The number of ether oxygens (including phenoxy) is 1. The standard InChI is InChI=1S/C14H23N3O2/c15-6-10-17-9-4-5-13(14(17)18)19-12-11-16-7-2-1-3-8-16/h4-5,9H,1-3,6-8,10-12,15H2. The second-order valence-corrected chi connectivity index (χ2v) is 4.91. The summed E-state index contributed by atoms with van der Waals surface area (Å²) in [5.74, 6) is 0.424. The SMILES string of the molecule is NCCn1cccc(OCCN2CCCCC2)c1=O. The average molecular weight is 265 g/mol. The van der Waals surface area contributed by atoms with Crippen molar-refractivity contribution in [2.75, 3.05) is 32.8 Å². The number of hydrogen-bond acceptors (Lipinski definition) is 4. The Hall–Kier alpha value is -1.33. The zero-order valence-corrected chi connectivity index (χ0v) is 11.4. The highest BCUT2D eigenvalue weighted by molar-refractivity contribution is 5.17. The number of nitrogens with two attached hydrogens (primary N) is 1. The molecule has 1 fully saturated rings. The number of rotatable bonds is 6. The van der Waals surface area contributed by atoms with E-state index in [4.69, 9.17) is 10.5 Å². The van der Waals surface area contributed by atoms with Crippen LogP contribution in [0.15, 0.2) is 23.1 Å². The molecule has 1 aromatic heterocycles. The van der Waals surface area contributed by atoms with E-state index in [2.05, 4.69) is 4.90 Å². The van der Waals surface area contributed by atoms with Crippen molar-refractivity contribution in [3.63, 3.8) is 0 Å². The second kappa shape index (κ2) is 7.31. The summed E-state index contributed by atoms with van der Waals surface area (Å²) in [6.07, 6.45) is 5.62. The zero-order chi connectivity index (χ0) is 13.5. The third-order valence-corrected chi connectivity index (χ3v) is 3.47. The monoisotopic (exact) mass is 265 g/mol. The Kier molecular flexibility index (Phi) is 5.42. The Morgan fingerprint density at radius 1 is 1.21 bits per heavy atom. The first kappa shape index (κ1) is 14.1. The number of likely N-dealkylation sites (tertiary alicyclic amines) is 1. The largest absolute Gasteiger partial charge is 0.487 e. The molecule has 0 spiro atoms. The van der Waals surface area contributed by atoms with Gasteiger partial charge in [0.05, 0.1) is 0 Å². The molecule has 0 bridgehead atoms. The summed E-state index contributed by atoms with van der Waals surface area (Å²) < 4.78 is 7.20. The van der Waals surface area contributed by atoms with Gasteiger partial charge in [-0.05, 0) is 38.1 Å². The fraction of sp³-hybridized carbons (Fsp3) is 0.643. The fourth-order valence-corrected chi connectivity index (χ4v) is 2.41. The first-order chi connectivity index (χ1) is 9.31. The maximum Gasteiger partial charge on any atom is 0.292 e. The van der Waals surface area contributed by atoms with E-state index >= 15 is 0 Å². The molecule has 1 aliphatic rings. The Bertz CT molecular complexity index is 439. The molecule has 1 aliphatic heterocycles. The lowest BCUT2D eigenvalue weighted by molar-refractivity contribution is 0.182. The van der Waals surface area contributed by atoms with Crippen LogP contribution in [0.1, 0.15) is 19.3 Å². The van der Waals surface area contributed by atoms with Crippen LogP contribution in [0, 0.1) is 0 Å². The van der Waals surface area contributed by atoms with E-state index in [1.54, 1.807) is 16.8 Å². The van der Waals surface area contributed by atoms with E-state index in [9.17, 15) is 4.79 Å². The molecule has 2 heterocycles. The predicted octanol–water partition coefficient (Wildman–Crippen LogP) is 0.672. The lowest BCUT2D eigenvalue weighted by Crippen LogP contribution is -2.34. The smallest absolute Gasteiger partial charge is 0.292 e. The summed E-state index contributed by atoms with van der Waals surface area (Å²) in [7, 11) is 0. The first-order valence-electron chi connectivity index (χ1n) is 7.06. The van der Waals surface area contributed by atoms with Gasteiger partial charge in [0.15, 0.2) is 5.75 Å². The zero-order valence-electron chi connectivity index (χ0n) is 11.4. The van der Waals surface area contributed by atoms with Crippen molar-refractivity contribution < 1.29 is 4.74 Å². The third kappa shape index (κ3) is 4.08. The van der Waals surface area contributed by atoms with Gasteiger partial charge in [-0.2, -0.15) is 0 Å². The van der Waals surface area contributed by atoms with E-state index in [1.165, 1.54) is 19.3 Å². The van der Waals surface area contributed by atoms with Crippen LogP contribution in [0.2, 0.25) is 0 Å². The number of pyridine rings is 1. The van der Waals surface area contributed by atoms with Crippen LogP contribution in [0.3, 0.4) is 0 Å². The van der Waals surface area contributed by atoms with Crippen LogP contribution in [0.4, 0.5) is 0 Å². The summed E-state index contributed by atoms with van der Waals surface area (Å²) in [6, 6.07) is 3.55. The maximum atomic E-state index is 12.0. The van der Waals surface area contributed by atoms with Gasteiger partial charge in [0, 0.05) is 25.8 Å². The van der Waals surface area contributed by atoms with Crippen LogP contribution in [-0.2, 0) is 6.54 Å². The quantitative estimate of drug-likeness (QED) is 0.821. The Morgan fingerprint density at radius 3 is 2.74 bits per heavy atom. The van der Waals surface area contributed by atoms with Crippen molar-refractivity contribution in [2.45, 2.75) is 25.8 Å². The molecule has 0 radical (unpaired) electrons. The van der Waals surface area contributed by atoms with Crippen molar-refractivity contribution in [3.8, 4) is 5.75 Å². The highest BCUT2D eigenvalue weighted by atomic mass is 16.5. The van der Waals surface area contributed by atoms with E-state index < -0.39 is 0 Å². The van der Waals surface area contributed by atoms with Gasteiger partial charge in [0.25, 0.3) is 5.56 Å². The number of aromatic nitrogens is 1. The van der Waals surface area contributed by atoms with E-state index in [0.717, 1.165) is 19.6 Å². The molecule has 0 amide bonds. The Morgan fingerprint density at radius 2 is 2.00 bits per heavy atom. The van der Waals surface area contributed by atoms with E-state index in [1.807, 2.05) is 6.07 Å². The van der Waals surface area contributed by atoms with Crippen molar-refractivity contribution in [2.24, 2.45) is 5.73 Å². The molecule has 19 heavy (non-hydrogen) atoms. The molecular weight excluding hydrogens is 242 g/mol. The van der Waals surface area contributed by atoms with Gasteiger partial charge >= 0.3 is 0 Å². The molecule has 0 unspecified atom stereocenters. The minimum Gasteiger partial charge on any atom is -0.487 e. The maximum absolute atomic E-state index is 12.0. The van der Waals surface area contributed by atoms with Gasteiger partial charge in [-0.15, -0.1) is 0 Å². The topological polar surface area (TPSA) is 60.5 Å². The summed E-state index contributed by atoms with van der Waals surface area (Å²) in [6.45, 7) is 4.75. The lowest BCUT2D eigenvalue weighted by atomic mass is 10.1. The van der Waals surface area contributed by atoms with E-state index in [0.29, 0.717) is 25.4 Å². The minimum absolute atomic E-state index is 0.0911. The number of piperidine rings is 1. The van der Waals surface area contributed by atoms with Crippen LogP contribution < -0.4 is 16.0 Å². The summed E-state index contributed by atoms with van der Waals surface area (Å²) in [5, 5.41) is 0. The summed E-state index contributed by atoms with van der Waals surface area (Å²) >= 11 is 0. The van der Waals surface area contributed by atoms with Crippen molar-refractivity contribution in [3.05, 3.63) is 28.7 Å². The Labute approximate surface area is 114 Å². The molecule has 106 valence electrons. The molecule has 1 saturated heterocycles. The molecule has 0 aromatic carbocycles. The fourth-order valence-electron chi connectivity index (χ4n) is 2.41. The molecular formula is C14H23N3O2. The van der Waals surface area contributed by atoms with Crippen LogP contribution in [0.5, 0.6) is 5.75 Å². The molecule has 5 nitrogen and oxygen atoms in total. The average Bonchev–Trinajstić information content (AvgIpc) is 2.44. The molecule has 0 atom stereocenters. The first-order valence-corrected chi connectivity index (χ1v) is 7.06. The Balaban J connectivity index is 1.85. The lowest BCUT2D eigenvalue weighted by Gasteiger charge is -2.26. The normalized spacial score (nSPS) is 16.5. The molecule has 1 aromatic rings.